The van der Waals surface area contributed by atoms with E-state index in [1.54, 1.807) is 0 Å². The van der Waals surface area contributed by atoms with Crippen molar-refractivity contribution in [3.8, 4) is 0 Å². The summed E-state index contributed by atoms with van der Waals surface area (Å²) >= 11 is 0. The van der Waals surface area contributed by atoms with Crippen LogP contribution in [0, 0.1) is 11.8 Å². The van der Waals surface area contributed by atoms with Crippen LogP contribution in [0.4, 0.5) is 0 Å². The molecule has 0 saturated carbocycles. The van der Waals surface area contributed by atoms with Gasteiger partial charge in [-0.1, -0.05) is 33.6 Å². The van der Waals surface area contributed by atoms with Crippen molar-refractivity contribution in [2.45, 2.75) is 52.9 Å². The number of aliphatic imine (C=N–C) groups is 1. The lowest BCUT2D eigenvalue weighted by molar-refractivity contribution is 0.277. The van der Waals surface area contributed by atoms with E-state index in [1.807, 2.05) is 0 Å². The summed E-state index contributed by atoms with van der Waals surface area (Å²) in [4.78, 5) is 6.73. The zero-order chi connectivity index (χ0) is 12.7. The molecule has 0 aromatic heterocycles. The molecule has 2 N–H and O–H groups in total. The number of piperidine rings is 1. The zero-order valence-electron chi connectivity index (χ0n) is 12.2. The Bertz CT molecular complexity index is 233. The molecule has 1 aliphatic heterocycles. The highest BCUT2D eigenvalue weighted by atomic mass is 127. The van der Waals surface area contributed by atoms with E-state index in [9.17, 15) is 0 Å². The fourth-order valence-electron chi connectivity index (χ4n) is 2.20. The molecular formula is C14H30IN3. The van der Waals surface area contributed by atoms with E-state index in [4.69, 9.17) is 5.73 Å². The summed E-state index contributed by atoms with van der Waals surface area (Å²) in [5.74, 6) is 2.42. The number of hydrogen-bond acceptors (Lipinski definition) is 1. The molecule has 4 heteroatoms. The third kappa shape index (κ3) is 7.44. The predicted molar refractivity (Wildman–Crippen MR) is 90.6 cm³/mol. The summed E-state index contributed by atoms with van der Waals surface area (Å²) in [6.07, 6.45) is 6.25. The lowest BCUT2D eigenvalue weighted by Crippen LogP contribution is -2.42. The maximum Gasteiger partial charge on any atom is 0.191 e. The standard InChI is InChI=1S/C14H29N3.HI/c1-12(2)6-4-5-9-16-14(15)17-10-7-13(3)8-11-17;/h12-13H,4-11H2,1-3H3,(H2,15,16);1H. The summed E-state index contributed by atoms with van der Waals surface area (Å²) in [7, 11) is 0. The molecule has 1 rings (SSSR count). The SMILES string of the molecule is CC(C)CCCCN=C(N)N1CCC(C)CC1.I. The molecule has 0 aliphatic carbocycles. The highest BCUT2D eigenvalue weighted by Gasteiger charge is 2.16. The van der Waals surface area contributed by atoms with Gasteiger partial charge in [0.05, 0.1) is 0 Å². The Morgan fingerprint density at radius 2 is 1.89 bits per heavy atom. The van der Waals surface area contributed by atoms with Crippen LogP contribution < -0.4 is 5.73 Å². The molecule has 0 atom stereocenters. The number of nitrogens with two attached hydrogens (primary N) is 1. The van der Waals surface area contributed by atoms with Gasteiger partial charge < -0.3 is 10.6 Å². The summed E-state index contributed by atoms with van der Waals surface area (Å²) in [5.41, 5.74) is 6.01. The minimum absolute atomic E-state index is 0. The predicted octanol–water partition coefficient (Wildman–Crippen LogP) is 3.48. The van der Waals surface area contributed by atoms with Crippen LogP contribution in [0.25, 0.3) is 0 Å². The number of likely N-dealkylation sites (tertiary alicyclic amines) is 1. The molecule has 0 unspecified atom stereocenters. The van der Waals surface area contributed by atoms with Crippen molar-refractivity contribution < 1.29 is 0 Å². The van der Waals surface area contributed by atoms with Crippen molar-refractivity contribution in [1.82, 2.24) is 4.90 Å². The fraction of sp³-hybridized carbons (Fsp3) is 0.929. The second-order valence-electron chi connectivity index (χ2n) is 5.80. The first-order valence-electron chi connectivity index (χ1n) is 7.14. The van der Waals surface area contributed by atoms with Crippen molar-refractivity contribution in [2.24, 2.45) is 22.6 Å². The van der Waals surface area contributed by atoms with Crippen LogP contribution in [0.3, 0.4) is 0 Å². The van der Waals surface area contributed by atoms with E-state index < -0.39 is 0 Å². The van der Waals surface area contributed by atoms with Crippen molar-refractivity contribution >= 4 is 29.9 Å². The molecule has 1 saturated heterocycles. The van der Waals surface area contributed by atoms with Gasteiger partial charge in [0, 0.05) is 19.6 Å². The Labute approximate surface area is 130 Å². The van der Waals surface area contributed by atoms with E-state index >= 15 is 0 Å². The Morgan fingerprint density at radius 3 is 2.44 bits per heavy atom. The first-order chi connectivity index (χ1) is 8.09. The van der Waals surface area contributed by atoms with E-state index in [-0.39, 0.29) is 24.0 Å². The molecule has 0 spiro atoms. The van der Waals surface area contributed by atoms with Crippen LogP contribution in [0.1, 0.15) is 52.9 Å². The third-order valence-electron chi connectivity index (χ3n) is 3.57. The molecule has 0 aromatic rings. The Balaban J connectivity index is 0.00000289. The highest BCUT2D eigenvalue weighted by molar-refractivity contribution is 14.0. The topological polar surface area (TPSA) is 41.6 Å². The van der Waals surface area contributed by atoms with Gasteiger partial charge in [-0.3, -0.25) is 4.99 Å². The number of guanidine groups is 1. The molecule has 0 radical (unpaired) electrons. The first kappa shape index (κ1) is 18.0. The van der Waals surface area contributed by atoms with E-state index in [0.29, 0.717) is 0 Å². The number of hydrogen-bond donors (Lipinski definition) is 1. The smallest absolute Gasteiger partial charge is 0.191 e. The van der Waals surface area contributed by atoms with Gasteiger partial charge in [-0.25, -0.2) is 0 Å². The Hall–Kier alpha value is 0. The fourth-order valence-corrected chi connectivity index (χ4v) is 2.20. The zero-order valence-corrected chi connectivity index (χ0v) is 14.5. The highest BCUT2D eigenvalue weighted by Crippen LogP contribution is 2.15. The van der Waals surface area contributed by atoms with Crippen LogP contribution in [0.15, 0.2) is 4.99 Å². The van der Waals surface area contributed by atoms with Crippen molar-refractivity contribution in [1.29, 1.82) is 0 Å². The first-order valence-corrected chi connectivity index (χ1v) is 7.14. The molecule has 0 aromatic carbocycles. The molecular weight excluding hydrogens is 337 g/mol. The van der Waals surface area contributed by atoms with E-state index in [1.165, 1.54) is 32.1 Å². The van der Waals surface area contributed by atoms with Gasteiger partial charge in [-0.2, -0.15) is 0 Å². The van der Waals surface area contributed by atoms with Crippen molar-refractivity contribution in [3.05, 3.63) is 0 Å². The molecule has 1 heterocycles. The third-order valence-corrected chi connectivity index (χ3v) is 3.57. The quantitative estimate of drug-likeness (QED) is 0.350. The number of unbranched alkanes of at least 4 members (excludes halogenated alkanes) is 1. The summed E-state index contributed by atoms with van der Waals surface area (Å²) in [5, 5.41) is 0. The van der Waals surface area contributed by atoms with Gasteiger partial charge in [0.1, 0.15) is 0 Å². The lowest BCUT2D eigenvalue weighted by Gasteiger charge is -2.31. The second-order valence-corrected chi connectivity index (χ2v) is 5.80. The maximum absolute atomic E-state index is 6.01. The molecule has 18 heavy (non-hydrogen) atoms. The minimum atomic E-state index is 0. The summed E-state index contributed by atoms with van der Waals surface area (Å²) < 4.78 is 0. The normalized spacial score (nSPS) is 18.0. The number of nitrogens with zero attached hydrogens (tertiary/aromatic N) is 2. The molecule has 1 fully saturated rings. The van der Waals surface area contributed by atoms with Crippen LogP contribution in [0.5, 0.6) is 0 Å². The minimum Gasteiger partial charge on any atom is -0.370 e. The molecule has 0 bridgehead atoms. The Morgan fingerprint density at radius 1 is 1.28 bits per heavy atom. The molecule has 108 valence electrons. The van der Waals surface area contributed by atoms with Crippen LogP contribution in [-0.2, 0) is 0 Å². The monoisotopic (exact) mass is 367 g/mol. The van der Waals surface area contributed by atoms with Crippen molar-refractivity contribution in [2.75, 3.05) is 19.6 Å². The maximum atomic E-state index is 6.01. The number of halogens is 1. The van der Waals surface area contributed by atoms with Gasteiger partial charge in [0.2, 0.25) is 0 Å². The average Bonchev–Trinajstić information content (AvgIpc) is 2.29. The molecule has 3 nitrogen and oxygen atoms in total. The van der Waals surface area contributed by atoms with Gasteiger partial charge in [-0.15, -0.1) is 24.0 Å². The van der Waals surface area contributed by atoms with Gasteiger partial charge >= 0.3 is 0 Å². The number of rotatable bonds is 5. The summed E-state index contributed by atoms with van der Waals surface area (Å²) in [6, 6.07) is 0. The van der Waals surface area contributed by atoms with Crippen LogP contribution >= 0.6 is 24.0 Å². The van der Waals surface area contributed by atoms with E-state index in [2.05, 4.69) is 30.7 Å². The average molecular weight is 367 g/mol. The van der Waals surface area contributed by atoms with Crippen LogP contribution in [-0.4, -0.2) is 30.5 Å². The van der Waals surface area contributed by atoms with E-state index in [0.717, 1.165) is 37.4 Å². The van der Waals surface area contributed by atoms with Gasteiger partial charge in [0.25, 0.3) is 0 Å². The van der Waals surface area contributed by atoms with Crippen molar-refractivity contribution in [3.63, 3.8) is 0 Å². The van der Waals surface area contributed by atoms with Gasteiger partial charge in [0.15, 0.2) is 5.96 Å². The van der Waals surface area contributed by atoms with Gasteiger partial charge in [-0.05, 0) is 31.1 Å². The molecule has 0 amide bonds. The summed E-state index contributed by atoms with van der Waals surface area (Å²) in [6.45, 7) is 9.92. The molecule has 1 aliphatic rings. The van der Waals surface area contributed by atoms with Crippen LogP contribution in [0.2, 0.25) is 0 Å². The largest absolute Gasteiger partial charge is 0.370 e. The second kappa shape index (κ2) is 9.87. The lowest BCUT2D eigenvalue weighted by atomic mass is 10.00. The Kier molecular flexibility index (Phi) is 9.87.